The van der Waals surface area contributed by atoms with Crippen molar-refractivity contribution in [3.8, 4) is 0 Å². The molecule has 0 aromatic carbocycles. The van der Waals surface area contributed by atoms with E-state index in [2.05, 4.69) is 24.4 Å². The van der Waals surface area contributed by atoms with E-state index in [9.17, 15) is 18.3 Å². The van der Waals surface area contributed by atoms with E-state index in [4.69, 9.17) is 11.5 Å². The van der Waals surface area contributed by atoms with Gasteiger partial charge in [0.15, 0.2) is 0 Å². The number of hydrogen-bond acceptors (Lipinski definition) is 4. The van der Waals surface area contributed by atoms with Crippen LogP contribution in [0, 0.1) is 47.3 Å². The monoisotopic (exact) mass is 537 g/mol. The maximum atomic E-state index is 14.4. The minimum absolute atomic E-state index is 0.0282. The molecule has 0 spiro atoms. The van der Waals surface area contributed by atoms with Gasteiger partial charge in [0, 0.05) is 12.1 Å². The topological polar surface area (TPSA) is 84.3 Å². The molecule has 5 aliphatic rings. The standard InChI is InChI=1S/C31H50F3N3O/c1-18-5-6-22(15-27(18)29(36)21-3-2-4-25(35)14-21)30(38)23-9-10-26(28(16-23)31(32,33)34)20-8-7-19(13-20)24-11-12-37-17-24/h8,14,18-19,22-30,37-38H,2-7,9-13,15-17,35-36H2,1H3. The van der Waals surface area contributed by atoms with Crippen LogP contribution < -0.4 is 16.8 Å². The number of aliphatic hydroxyl groups excluding tert-OH is 1. The Bertz CT molecular complexity index is 867. The predicted molar refractivity (Wildman–Crippen MR) is 146 cm³/mol. The van der Waals surface area contributed by atoms with Crippen LogP contribution in [0.5, 0.6) is 0 Å². The molecule has 4 aliphatic carbocycles. The zero-order valence-corrected chi connectivity index (χ0v) is 23.1. The van der Waals surface area contributed by atoms with E-state index in [1.165, 1.54) is 5.57 Å². The summed E-state index contributed by atoms with van der Waals surface area (Å²) in [6.45, 7) is 4.27. The van der Waals surface area contributed by atoms with Crippen LogP contribution in [0.4, 0.5) is 13.2 Å². The molecule has 1 heterocycles. The lowest BCUT2D eigenvalue weighted by atomic mass is 9.63. The highest BCUT2D eigenvalue weighted by molar-refractivity contribution is 5.19. The van der Waals surface area contributed by atoms with Crippen LogP contribution in [-0.2, 0) is 0 Å². The van der Waals surface area contributed by atoms with Gasteiger partial charge in [0.2, 0.25) is 0 Å². The van der Waals surface area contributed by atoms with Crippen molar-refractivity contribution in [2.45, 2.75) is 108 Å². The lowest BCUT2D eigenvalue weighted by Gasteiger charge is -2.45. The highest BCUT2D eigenvalue weighted by Gasteiger charge is 2.51. The molecule has 1 aliphatic heterocycles. The summed E-state index contributed by atoms with van der Waals surface area (Å²) in [5, 5.41) is 14.9. The molecule has 1 saturated heterocycles. The van der Waals surface area contributed by atoms with Gasteiger partial charge in [0.05, 0.1) is 12.0 Å². The fraction of sp³-hybridized carbons (Fsp3) is 0.871. The first-order chi connectivity index (χ1) is 18.1. The molecule has 5 rings (SSSR count). The Morgan fingerprint density at radius 2 is 1.79 bits per heavy atom. The third kappa shape index (κ3) is 6.21. The number of rotatable bonds is 6. The normalized spacial score (nSPS) is 42.4. The Balaban J connectivity index is 1.23. The molecule has 2 saturated carbocycles. The van der Waals surface area contributed by atoms with Crippen molar-refractivity contribution in [3.05, 3.63) is 23.3 Å². The first kappa shape index (κ1) is 28.6. The van der Waals surface area contributed by atoms with E-state index < -0.39 is 24.1 Å². The molecule has 7 heteroatoms. The van der Waals surface area contributed by atoms with Gasteiger partial charge in [-0.1, -0.05) is 36.6 Å². The van der Waals surface area contributed by atoms with Gasteiger partial charge >= 0.3 is 6.18 Å². The van der Waals surface area contributed by atoms with Gasteiger partial charge in [0.25, 0.3) is 0 Å². The molecule has 11 atom stereocenters. The second-order valence-electron chi connectivity index (χ2n) is 13.6. The molecule has 216 valence electrons. The van der Waals surface area contributed by atoms with Crippen molar-refractivity contribution in [2.75, 3.05) is 13.1 Å². The third-order valence-corrected chi connectivity index (χ3v) is 11.3. The van der Waals surface area contributed by atoms with E-state index in [0.717, 1.165) is 76.5 Å². The van der Waals surface area contributed by atoms with Crippen molar-refractivity contribution in [2.24, 2.45) is 58.8 Å². The zero-order chi connectivity index (χ0) is 27.0. The fourth-order valence-electron chi connectivity index (χ4n) is 8.95. The van der Waals surface area contributed by atoms with Gasteiger partial charge in [-0.15, -0.1) is 0 Å². The van der Waals surface area contributed by atoms with Crippen LogP contribution in [0.2, 0.25) is 0 Å². The molecular formula is C31H50F3N3O. The summed E-state index contributed by atoms with van der Waals surface area (Å²) in [4.78, 5) is 0. The summed E-state index contributed by atoms with van der Waals surface area (Å²) in [6.07, 6.45) is 9.26. The Kier molecular flexibility index (Phi) is 8.98. The second kappa shape index (κ2) is 11.9. The summed E-state index contributed by atoms with van der Waals surface area (Å²) < 4.78 is 43.3. The number of hydrogen-bond donors (Lipinski definition) is 4. The molecule has 4 nitrogen and oxygen atoms in total. The van der Waals surface area contributed by atoms with E-state index >= 15 is 0 Å². The Hall–Kier alpha value is -0.890. The zero-order valence-electron chi connectivity index (χ0n) is 23.1. The molecule has 3 fully saturated rings. The number of nitrogens with one attached hydrogen (secondary N) is 1. The van der Waals surface area contributed by atoms with Gasteiger partial charge in [-0.25, -0.2) is 0 Å². The van der Waals surface area contributed by atoms with Crippen LogP contribution in [0.25, 0.3) is 0 Å². The molecule has 0 radical (unpaired) electrons. The minimum atomic E-state index is -4.23. The lowest BCUT2D eigenvalue weighted by molar-refractivity contribution is -0.201. The van der Waals surface area contributed by atoms with Crippen LogP contribution in [0.3, 0.4) is 0 Å². The minimum Gasteiger partial charge on any atom is -0.393 e. The van der Waals surface area contributed by atoms with E-state index in [1.54, 1.807) is 0 Å². The first-order valence-electron chi connectivity index (χ1n) is 15.5. The highest BCUT2D eigenvalue weighted by Crippen LogP contribution is 2.52. The first-order valence-corrected chi connectivity index (χ1v) is 15.5. The maximum Gasteiger partial charge on any atom is 0.392 e. The summed E-state index contributed by atoms with van der Waals surface area (Å²) in [5.41, 5.74) is 15.2. The molecule has 38 heavy (non-hydrogen) atoms. The Morgan fingerprint density at radius 1 is 1.03 bits per heavy atom. The summed E-state index contributed by atoms with van der Waals surface area (Å²) >= 11 is 0. The predicted octanol–water partition coefficient (Wildman–Crippen LogP) is 5.71. The Labute approximate surface area is 227 Å². The van der Waals surface area contributed by atoms with Crippen LogP contribution in [0.15, 0.2) is 23.3 Å². The van der Waals surface area contributed by atoms with Gasteiger partial charge in [-0.2, -0.15) is 13.2 Å². The second-order valence-corrected chi connectivity index (χ2v) is 13.6. The average molecular weight is 538 g/mol. The Morgan fingerprint density at radius 3 is 2.50 bits per heavy atom. The number of allylic oxidation sites excluding steroid dienone is 2. The molecular weight excluding hydrogens is 487 g/mol. The van der Waals surface area contributed by atoms with E-state index in [1.807, 2.05) is 0 Å². The smallest absolute Gasteiger partial charge is 0.392 e. The molecule has 6 N–H and O–H groups in total. The number of halogens is 3. The van der Waals surface area contributed by atoms with Crippen LogP contribution in [-0.4, -0.2) is 42.6 Å². The van der Waals surface area contributed by atoms with Crippen molar-refractivity contribution >= 4 is 0 Å². The van der Waals surface area contributed by atoms with Gasteiger partial charge in [-0.3, -0.25) is 0 Å². The molecule has 11 unspecified atom stereocenters. The van der Waals surface area contributed by atoms with Gasteiger partial charge in [0.1, 0.15) is 0 Å². The van der Waals surface area contributed by atoms with Crippen molar-refractivity contribution in [3.63, 3.8) is 0 Å². The third-order valence-electron chi connectivity index (χ3n) is 11.3. The number of aliphatic hydroxyl groups is 1. The number of nitrogens with two attached hydrogens (primary N) is 2. The summed E-state index contributed by atoms with van der Waals surface area (Å²) in [6, 6.07) is 0.00184. The average Bonchev–Trinajstić information content (AvgIpc) is 3.60. The fourth-order valence-corrected chi connectivity index (χ4v) is 8.95. The lowest BCUT2D eigenvalue weighted by Crippen LogP contribution is -2.46. The molecule has 0 aromatic heterocycles. The van der Waals surface area contributed by atoms with Gasteiger partial charge in [-0.05, 0) is 125 Å². The van der Waals surface area contributed by atoms with Crippen molar-refractivity contribution < 1.29 is 18.3 Å². The quantitative estimate of drug-likeness (QED) is 0.327. The van der Waals surface area contributed by atoms with Crippen LogP contribution >= 0.6 is 0 Å². The van der Waals surface area contributed by atoms with Crippen molar-refractivity contribution in [1.29, 1.82) is 0 Å². The molecule has 0 amide bonds. The van der Waals surface area contributed by atoms with Crippen LogP contribution in [0.1, 0.15) is 84.0 Å². The summed E-state index contributed by atoms with van der Waals surface area (Å²) in [5.74, 6) is -0.211. The van der Waals surface area contributed by atoms with Crippen molar-refractivity contribution in [1.82, 2.24) is 5.32 Å². The highest BCUT2D eigenvalue weighted by atomic mass is 19.4. The maximum absolute atomic E-state index is 14.4. The SMILES string of the molecule is CC1CCC(C(O)C2CCC(C3=CCC(C4CCNC4)C3)C(C(F)(F)F)C2)CC1C(N)C1=CC(N)CCC1. The molecule has 0 bridgehead atoms. The van der Waals surface area contributed by atoms with E-state index in [0.29, 0.717) is 30.6 Å². The summed E-state index contributed by atoms with van der Waals surface area (Å²) in [7, 11) is 0. The molecule has 0 aromatic rings. The largest absolute Gasteiger partial charge is 0.393 e. The van der Waals surface area contributed by atoms with E-state index in [-0.39, 0.29) is 36.3 Å². The number of alkyl halides is 3. The van der Waals surface area contributed by atoms with Gasteiger partial charge < -0.3 is 21.9 Å².